The quantitative estimate of drug-likeness (QED) is 0.672. The van der Waals surface area contributed by atoms with Crippen LogP contribution in [0.1, 0.15) is 18.9 Å². The van der Waals surface area contributed by atoms with Gasteiger partial charge in [0, 0.05) is 6.42 Å². The first-order valence-corrected chi connectivity index (χ1v) is 5.05. The number of aryl methyl sites for hydroxylation is 1. The fourth-order valence-corrected chi connectivity index (χ4v) is 1.37. The number of aldehydes is 1. The average Bonchev–Trinajstić information content (AvgIpc) is 2.27. The summed E-state index contributed by atoms with van der Waals surface area (Å²) in [6.45, 7) is 2.53. The zero-order chi connectivity index (χ0) is 11.1. The van der Waals surface area contributed by atoms with Crippen LogP contribution in [0.25, 0.3) is 0 Å². The van der Waals surface area contributed by atoms with Crippen molar-refractivity contribution in [3.05, 3.63) is 23.8 Å². The second-order valence-electron chi connectivity index (χ2n) is 3.12. The van der Waals surface area contributed by atoms with Crippen molar-refractivity contribution in [3.8, 4) is 11.5 Å². The molecule has 0 spiro atoms. The van der Waals surface area contributed by atoms with E-state index in [1.165, 1.54) is 0 Å². The van der Waals surface area contributed by atoms with Crippen LogP contribution in [0.2, 0.25) is 0 Å². The van der Waals surface area contributed by atoms with Crippen molar-refractivity contribution < 1.29 is 14.3 Å². The van der Waals surface area contributed by atoms with E-state index >= 15 is 0 Å². The molecule has 0 aliphatic rings. The molecule has 0 radical (unpaired) electrons. The molecule has 3 nitrogen and oxygen atoms in total. The van der Waals surface area contributed by atoms with Crippen molar-refractivity contribution in [3.63, 3.8) is 0 Å². The largest absolute Gasteiger partial charge is 0.493 e. The standard InChI is InChI=1S/C12H16O3/c1-3-15-12-9-10(5-4-8-13)6-7-11(12)14-2/h6-9H,3-5H2,1-2H3. The topological polar surface area (TPSA) is 35.5 Å². The van der Waals surface area contributed by atoms with Crippen LogP contribution in [0.15, 0.2) is 18.2 Å². The van der Waals surface area contributed by atoms with Gasteiger partial charge in [-0.1, -0.05) is 6.07 Å². The molecule has 0 fully saturated rings. The molecule has 0 aromatic heterocycles. The van der Waals surface area contributed by atoms with Gasteiger partial charge in [-0.3, -0.25) is 0 Å². The highest BCUT2D eigenvalue weighted by Gasteiger charge is 2.04. The zero-order valence-corrected chi connectivity index (χ0v) is 9.16. The normalized spacial score (nSPS) is 9.73. The molecule has 0 unspecified atom stereocenters. The van der Waals surface area contributed by atoms with E-state index in [0.29, 0.717) is 13.0 Å². The molecule has 0 aliphatic heterocycles. The van der Waals surface area contributed by atoms with Gasteiger partial charge in [-0.2, -0.15) is 0 Å². The summed E-state index contributed by atoms with van der Waals surface area (Å²) in [5.41, 5.74) is 1.09. The van der Waals surface area contributed by atoms with E-state index in [1.54, 1.807) is 7.11 Å². The molecule has 3 heteroatoms. The minimum absolute atomic E-state index is 0.540. The van der Waals surface area contributed by atoms with Gasteiger partial charge in [-0.05, 0) is 31.0 Å². The van der Waals surface area contributed by atoms with Gasteiger partial charge in [-0.15, -0.1) is 0 Å². The first-order chi connectivity index (χ1) is 7.31. The third kappa shape index (κ3) is 3.27. The molecule has 0 atom stereocenters. The molecule has 0 saturated heterocycles. The monoisotopic (exact) mass is 208 g/mol. The Hall–Kier alpha value is -1.51. The van der Waals surface area contributed by atoms with Gasteiger partial charge in [0.15, 0.2) is 11.5 Å². The van der Waals surface area contributed by atoms with Gasteiger partial charge < -0.3 is 14.3 Å². The van der Waals surface area contributed by atoms with E-state index in [1.807, 2.05) is 25.1 Å². The van der Waals surface area contributed by atoms with Gasteiger partial charge >= 0.3 is 0 Å². The summed E-state index contributed by atoms with van der Waals surface area (Å²) in [6, 6.07) is 5.74. The number of benzene rings is 1. The molecule has 0 amide bonds. The van der Waals surface area contributed by atoms with E-state index < -0.39 is 0 Å². The highest BCUT2D eigenvalue weighted by atomic mass is 16.5. The third-order valence-electron chi connectivity index (χ3n) is 2.08. The van der Waals surface area contributed by atoms with Crippen LogP contribution >= 0.6 is 0 Å². The first-order valence-electron chi connectivity index (χ1n) is 5.05. The van der Waals surface area contributed by atoms with E-state index in [2.05, 4.69) is 0 Å². The molecule has 0 bridgehead atoms. The van der Waals surface area contributed by atoms with Crippen LogP contribution < -0.4 is 9.47 Å². The Bertz CT molecular complexity index is 321. The lowest BCUT2D eigenvalue weighted by Gasteiger charge is -2.10. The molecule has 0 N–H and O–H groups in total. The maximum atomic E-state index is 10.3. The number of methoxy groups -OCH3 is 1. The van der Waals surface area contributed by atoms with Gasteiger partial charge in [0.2, 0.25) is 0 Å². The molecule has 1 aromatic rings. The number of carbonyl (C=O) groups is 1. The molecule has 82 valence electrons. The van der Waals surface area contributed by atoms with Crippen molar-refractivity contribution in [2.45, 2.75) is 19.8 Å². The number of ether oxygens (including phenoxy) is 2. The van der Waals surface area contributed by atoms with Crippen LogP contribution in [0.5, 0.6) is 11.5 Å². The third-order valence-corrected chi connectivity index (χ3v) is 2.08. The van der Waals surface area contributed by atoms with Gasteiger partial charge in [-0.25, -0.2) is 0 Å². The van der Waals surface area contributed by atoms with Crippen molar-refractivity contribution in [2.75, 3.05) is 13.7 Å². The number of rotatable bonds is 6. The van der Waals surface area contributed by atoms with Crippen molar-refractivity contribution in [1.82, 2.24) is 0 Å². The maximum absolute atomic E-state index is 10.3. The van der Waals surface area contributed by atoms with Crippen LogP contribution in [0.4, 0.5) is 0 Å². The summed E-state index contributed by atoms with van der Waals surface area (Å²) in [7, 11) is 1.61. The van der Waals surface area contributed by atoms with Crippen molar-refractivity contribution in [1.29, 1.82) is 0 Å². The maximum Gasteiger partial charge on any atom is 0.161 e. The number of hydrogen-bond donors (Lipinski definition) is 0. The Morgan fingerprint density at radius 1 is 1.33 bits per heavy atom. The van der Waals surface area contributed by atoms with Gasteiger partial charge in [0.25, 0.3) is 0 Å². The van der Waals surface area contributed by atoms with E-state index in [9.17, 15) is 4.79 Å². The first kappa shape index (κ1) is 11.6. The second kappa shape index (κ2) is 6.06. The lowest BCUT2D eigenvalue weighted by molar-refractivity contribution is -0.107. The smallest absolute Gasteiger partial charge is 0.161 e. The molecule has 15 heavy (non-hydrogen) atoms. The molecule has 0 saturated carbocycles. The van der Waals surface area contributed by atoms with Crippen LogP contribution in [0, 0.1) is 0 Å². The average molecular weight is 208 g/mol. The van der Waals surface area contributed by atoms with E-state index in [0.717, 1.165) is 29.8 Å². The van der Waals surface area contributed by atoms with Crippen LogP contribution in [-0.4, -0.2) is 20.0 Å². The highest BCUT2D eigenvalue weighted by Crippen LogP contribution is 2.28. The number of hydrogen-bond acceptors (Lipinski definition) is 3. The lowest BCUT2D eigenvalue weighted by atomic mass is 10.1. The Morgan fingerprint density at radius 2 is 2.13 bits per heavy atom. The Morgan fingerprint density at radius 3 is 2.73 bits per heavy atom. The minimum Gasteiger partial charge on any atom is -0.493 e. The summed E-state index contributed by atoms with van der Waals surface area (Å²) >= 11 is 0. The second-order valence-corrected chi connectivity index (χ2v) is 3.12. The van der Waals surface area contributed by atoms with Gasteiger partial charge in [0.1, 0.15) is 6.29 Å². The predicted octanol–water partition coefficient (Wildman–Crippen LogP) is 2.23. The molecule has 1 rings (SSSR count). The van der Waals surface area contributed by atoms with Crippen molar-refractivity contribution in [2.24, 2.45) is 0 Å². The SMILES string of the molecule is CCOc1cc(CCC=O)ccc1OC. The summed E-state index contributed by atoms with van der Waals surface area (Å²) in [5, 5.41) is 0. The lowest BCUT2D eigenvalue weighted by Crippen LogP contribution is -1.97. The van der Waals surface area contributed by atoms with Crippen LogP contribution in [0.3, 0.4) is 0 Å². The summed E-state index contributed by atoms with van der Waals surface area (Å²) < 4.78 is 10.6. The fourth-order valence-electron chi connectivity index (χ4n) is 1.37. The van der Waals surface area contributed by atoms with E-state index in [4.69, 9.17) is 9.47 Å². The van der Waals surface area contributed by atoms with E-state index in [-0.39, 0.29) is 0 Å². The molecular weight excluding hydrogens is 192 g/mol. The molecular formula is C12H16O3. The van der Waals surface area contributed by atoms with Gasteiger partial charge in [0.05, 0.1) is 13.7 Å². The summed E-state index contributed by atoms with van der Waals surface area (Å²) in [6.07, 6.45) is 2.20. The number of carbonyl (C=O) groups excluding carboxylic acids is 1. The molecule has 0 aliphatic carbocycles. The zero-order valence-electron chi connectivity index (χ0n) is 9.16. The minimum atomic E-state index is 0.540. The van der Waals surface area contributed by atoms with Crippen molar-refractivity contribution >= 4 is 6.29 Å². The molecule has 1 aromatic carbocycles. The summed E-state index contributed by atoms with van der Waals surface area (Å²) in [5.74, 6) is 1.47. The summed E-state index contributed by atoms with van der Waals surface area (Å²) in [4.78, 5) is 10.3. The molecule has 0 heterocycles. The Labute approximate surface area is 90.0 Å². The predicted molar refractivity (Wildman–Crippen MR) is 58.5 cm³/mol. The Kier molecular flexibility index (Phi) is 4.68. The highest BCUT2D eigenvalue weighted by molar-refractivity contribution is 5.51. The van der Waals surface area contributed by atoms with Crippen LogP contribution in [-0.2, 0) is 11.2 Å². The fraction of sp³-hybridized carbons (Fsp3) is 0.417. The Balaban J connectivity index is 2.83.